The van der Waals surface area contributed by atoms with Crippen LogP contribution in [-0.2, 0) is 22.8 Å². The van der Waals surface area contributed by atoms with Gasteiger partial charge in [0.15, 0.2) is 9.84 Å². The Labute approximate surface area is 125 Å². The second kappa shape index (κ2) is 5.58. The maximum atomic E-state index is 12.1. The van der Waals surface area contributed by atoms with Crippen molar-refractivity contribution in [2.45, 2.75) is 30.8 Å². The highest BCUT2D eigenvalue weighted by molar-refractivity contribution is 7.91. The van der Waals surface area contributed by atoms with Gasteiger partial charge in [-0.1, -0.05) is 31.2 Å². The van der Waals surface area contributed by atoms with Gasteiger partial charge in [0.05, 0.1) is 16.3 Å². The van der Waals surface area contributed by atoms with Crippen LogP contribution in [0.5, 0.6) is 0 Å². The van der Waals surface area contributed by atoms with Crippen LogP contribution >= 0.6 is 0 Å². The molecule has 1 aromatic heterocycles. The maximum Gasteiger partial charge on any atom is 0.180 e. The van der Waals surface area contributed by atoms with Crippen molar-refractivity contribution in [3.05, 3.63) is 59.4 Å². The van der Waals surface area contributed by atoms with Gasteiger partial charge < -0.3 is 5.32 Å². The standard InChI is InChI=1S/C16H18N2O2S/c1-2-12-6-5-9-17-14(12)10-18-15-11-21(19,20)16-8-4-3-7-13(15)16/h3-9,15,18H,2,10-11H2,1H3. The summed E-state index contributed by atoms with van der Waals surface area (Å²) in [4.78, 5) is 4.85. The molecule has 3 rings (SSSR count). The molecule has 1 aliphatic rings. The van der Waals surface area contributed by atoms with E-state index in [2.05, 4.69) is 23.3 Å². The van der Waals surface area contributed by atoms with Gasteiger partial charge in [-0.2, -0.15) is 0 Å². The number of aromatic nitrogens is 1. The van der Waals surface area contributed by atoms with Crippen LogP contribution < -0.4 is 5.32 Å². The van der Waals surface area contributed by atoms with Gasteiger partial charge in [0, 0.05) is 18.8 Å². The summed E-state index contributed by atoms with van der Waals surface area (Å²) in [5.41, 5.74) is 3.05. The molecule has 0 radical (unpaired) electrons. The molecule has 0 saturated heterocycles. The number of benzene rings is 1. The van der Waals surface area contributed by atoms with E-state index in [4.69, 9.17) is 0 Å². The second-order valence-corrected chi connectivity index (χ2v) is 7.22. The molecule has 0 aliphatic carbocycles. The minimum atomic E-state index is -3.16. The molecule has 1 N–H and O–H groups in total. The Kier molecular flexibility index (Phi) is 3.78. The average molecular weight is 302 g/mol. The van der Waals surface area contributed by atoms with Gasteiger partial charge in [-0.3, -0.25) is 4.98 Å². The Morgan fingerprint density at radius 3 is 2.86 bits per heavy atom. The number of hydrogen-bond acceptors (Lipinski definition) is 4. The van der Waals surface area contributed by atoms with Gasteiger partial charge in [0.25, 0.3) is 0 Å². The molecule has 21 heavy (non-hydrogen) atoms. The fraction of sp³-hybridized carbons (Fsp3) is 0.312. The van der Waals surface area contributed by atoms with E-state index in [1.54, 1.807) is 18.3 Å². The van der Waals surface area contributed by atoms with Gasteiger partial charge in [-0.15, -0.1) is 0 Å². The third-order valence-electron chi connectivity index (χ3n) is 3.90. The number of nitrogens with zero attached hydrogens (tertiary/aromatic N) is 1. The summed E-state index contributed by atoms with van der Waals surface area (Å²) in [7, 11) is -3.16. The van der Waals surface area contributed by atoms with Crippen LogP contribution in [0.15, 0.2) is 47.5 Å². The van der Waals surface area contributed by atoms with E-state index in [0.29, 0.717) is 11.4 Å². The molecule has 1 unspecified atom stereocenters. The van der Waals surface area contributed by atoms with Gasteiger partial charge in [-0.25, -0.2) is 8.42 Å². The van der Waals surface area contributed by atoms with Crippen LogP contribution in [0.3, 0.4) is 0 Å². The van der Waals surface area contributed by atoms with Crippen molar-refractivity contribution in [2.24, 2.45) is 0 Å². The highest BCUT2D eigenvalue weighted by Crippen LogP contribution is 2.33. The molecule has 110 valence electrons. The zero-order valence-electron chi connectivity index (χ0n) is 11.9. The normalized spacial score (nSPS) is 19.4. The molecule has 0 fully saturated rings. The summed E-state index contributed by atoms with van der Waals surface area (Å²) in [5, 5.41) is 3.34. The van der Waals surface area contributed by atoms with Crippen molar-refractivity contribution in [1.29, 1.82) is 0 Å². The first kappa shape index (κ1) is 14.2. The van der Waals surface area contributed by atoms with E-state index in [9.17, 15) is 8.42 Å². The van der Waals surface area contributed by atoms with Gasteiger partial charge in [0.1, 0.15) is 0 Å². The summed E-state index contributed by atoms with van der Waals surface area (Å²) in [6.07, 6.45) is 2.69. The Balaban J connectivity index is 1.81. The molecule has 1 atom stereocenters. The largest absolute Gasteiger partial charge is 0.303 e. The Hall–Kier alpha value is -1.72. The van der Waals surface area contributed by atoms with Crippen LogP contribution in [0.1, 0.15) is 29.8 Å². The quantitative estimate of drug-likeness (QED) is 0.941. The average Bonchev–Trinajstić information content (AvgIpc) is 2.77. The van der Waals surface area contributed by atoms with Crippen molar-refractivity contribution in [3.63, 3.8) is 0 Å². The topological polar surface area (TPSA) is 59.1 Å². The smallest absolute Gasteiger partial charge is 0.180 e. The molecule has 0 amide bonds. The summed E-state index contributed by atoms with van der Waals surface area (Å²) >= 11 is 0. The fourth-order valence-corrected chi connectivity index (χ4v) is 4.56. The lowest BCUT2D eigenvalue weighted by atomic mass is 10.1. The van der Waals surface area contributed by atoms with Crippen molar-refractivity contribution in [3.8, 4) is 0 Å². The van der Waals surface area contributed by atoms with Crippen molar-refractivity contribution >= 4 is 9.84 Å². The number of hydrogen-bond donors (Lipinski definition) is 1. The molecule has 5 heteroatoms. The lowest BCUT2D eigenvalue weighted by molar-refractivity contribution is 0.560. The Bertz CT molecular complexity index is 756. The van der Waals surface area contributed by atoms with Crippen molar-refractivity contribution < 1.29 is 8.42 Å². The molecule has 0 saturated carbocycles. The van der Waals surface area contributed by atoms with E-state index in [0.717, 1.165) is 17.7 Å². The summed E-state index contributed by atoms with van der Waals surface area (Å²) in [6.45, 7) is 2.67. The van der Waals surface area contributed by atoms with Gasteiger partial charge in [-0.05, 0) is 29.7 Å². The maximum absolute atomic E-state index is 12.1. The zero-order valence-corrected chi connectivity index (χ0v) is 12.7. The number of nitrogens with one attached hydrogen (secondary N) is 1. The highest BCUT2D eigenvalue weighted by atomic mass is 32.2. The van der Waals surface area contributed by atoms with Crippen LogP contribution in [0.2, 0.25) is 0 Å². The van der Waals surface area contributed by atoms with E-state index in [-0.39, 0.29) is 11.8 Å². The second-order valence-electron chi connectivity index (χ2n) is 5.22. The van der Waals surface area contributed by atoms with E-state index in [1.165, 1.54) is 5.56 Å². The first-order chi connectivity index (χ1) is 10.1. The van der Waals surface area contributed by atoms with Crippen LogP contribution in [-0.4, -0.2) is 19.2 Å². The zero-order chi connectivity index (χ0) is 14.9. The SMILES string of the molecule is CCc1cccnc1CNC1CS(=O)(=O)c2ccccc21. The Morgan fingerprint density at radius 1 is 1.24 bits per heavy atom. The fourth-order valence-electron chi connectivity index (χ4n) is 2.79. The molecule has 0 bridgehead atoms. The summed E-state index contributed by atoms with van der Waals surface area (Å²) in [5.74, 6) is 0.126. The van der Waals surface area contributed by atoms with Crippen molar-refractivity contribution in [1.82, 2.24) is 10.3 Å². The molecule has 1 aliphatic heterocycles. The summed E-state index contributed by atoms with van der Waals surface area (Å²) in [6, 6.07) is 11.1. The number of fused-ring (bicyclic) bond motifs is 1. The van der Waals surface area contributed by atoms with Gasteiger partial charge in [0.2, 0.25) is 0 Å². The first-order valence-electron chi connectivity index (χ1n) is 7.09. The van der Waals surface area contributed by atoms with Crippen LogP contribution in [0, 0.1) is 0 Å². The first-order valence-corrected chi connectivity index (χ1v) is 8.75. The molecule has 0 spiro atoms. The van der Waals surface area contributed by atoms with Crippen molar-refractivity contribution in [2.75, 3.05) is 5.75 Å². The van der Waals surface area contributed by atoms with E-state index < -0.39 is 9.84 Å². The monoisotopic (exact) mass is 302 g/mol. The number of aryl methyl sites for hydroxylation is 1. The van der Waals surface area contributed by atoms with E-state index >= 15 is 0 Å². The Morgan fingerprint density at radius 2 is 2.05 bits per heavy atom. The molecule has 1 aromatic carbocycles. The van der Waals surface area contributed by atoms with Crippen LogP contribution in [0.4, 0.5) is 0 Å². The predicted octanol–water partition coefficient (Wildman–Crippen LogP) is 2.26. The summed E-state index contributed by atoms with van der Waals surface area (Å²) < 4.78 is 24.3. The molecular weight excluding hydrogens is 284 g/mol. The van der Waals surface area contributed by atoms with E-state index in [1.807, 2.05) is 18.2 Å². The highest BCUT2D eigenvalue weighted by Gasteiger charge is 2.33. The molecule has 4 nitrogen and oxygen atoms in total. The minimum Gasteiger partial charge on any atom is -0.303 e. The predicted molar refractivity (Wildman–Crippen MR) is 81.7 cm³/mol. The molecule has 2 aromatic rings. The minimum absolute atomic E-state index is 0.126. The number of rotatable bonds is 4. The third-order valence-corrected chi connectivity index (χ3v) is 5.71. The third kappa shape index (κ3) is 2.71. The molecule has 2 heterocycles. The lowest BCUT2D eigenvalue weighted by Gasteiger charge is -2.13. The molecular formula is C16H18N2O2S. The van der Waals surface area contributed by atoms with Crippen LogP contribution in [0.25, 0.3) is 0 Å². The van der Waals surface area contributed by atoms with Gasteiger partial charge >= 0.3 is 0 Å². The number of sulfone groups is 1. The lowest BCUT2D eigenvalue weighted by Crippen LogP contribution is -2.23. The number of pyridine rings is 1.